The number of hydrogen-bond acceptors (Lipinski definition) is 6. The van der Waals surface area contributed by atoms with Crippen molar-refractivity contribution in [3.05, 3.63) is 30.2 Å². The van der Waals surface area contributed by atoms with Gasteiger partial charge in [0, 0.05) is 13.6 Å². The number of aromatic amines is 1. The summed E-state index contributed by atoms with van der Waals surface area (Å²) in [4.78, 5) is 25.8. The Morgan fingerprint density at radius 3 is 3.00 bits per heavy atom. The molecule has 0 aliphatic carbocycles. The van der Waals surface area contributed by atoms with E-state index >= 15 is 0 Å². The van der Waals surface area contributed by atoms with Crippen LogP contribution < -0.4 is 5.32 Å². The summed E-state index contributed by atoms with van der Waals surface area (Å²) in [5.74, 6) is 0.983. The summed E-state index contributed by atoms with van der Waals surface area (Å²) < 4.78 is 0. The lowest BCUT2D eigenvalue weighted by atomic mass is 10.3. The normalized spacial score (nSPS) is 10.2. The van der Waals surface area contributed by atoms with Crippen molar-refractivity contribution in [1.82, 2.24) is 30.0 Å². The van der Waals surface area contributed by atoms with Crippen LogP contribution in [0.3, 0.4) is 0 Å². The maximum atomic E-state index is 12.2. The quantitative estimate of drug-likeness (QED) is 0.803. The predicted molar refractivity (Wildman–Crippen MR) is 68.4 cm³/mol. The summed E-state index contributed by atoms with van der Waals surface area (Å²) in [6.45, 7) is 3.01. The third kappa shape index (κ3) is 3.24. The van der Waals surface area contributed by atoms with Crippen LogP contribution in [0.15, 0.2) is 18.7 Å². The highest BCUT2D eigenvalue weighted by atomic mass is 16.2. The van der Waals surface area contributed by atoms with E-state index in [2.05, 4.69) is 30.5 Å². The number of aromatic nitrogens is 5. The topological polar surface area (TPSA) is 99.7 Å². The monoisotopic (exact) mass is 261 g/mol. The fraction of sp³-hybridized carbons (Fsp3) is 0.364. The minimum Gasteiger partial charge on any atom is -0.369 e. The number of H-pyrrole nitrogens is 1. The lowest BCUT2D eigenvalue weighted by Gasteiger charge is -2.15. The van der Waals surface area contributed by atoms with Crippen LogP contribution in [0.1, 0.15) is 23.2 Å². The van der Waals surface area contributed by atoms with Crippen LogP contribution in [0.4, 0.5) is 5.82 Å². The Kier molecular flexibility index (Phi) is 4.01. The van der Waals surface area contributed by atoms with Crippen LogP contribution >= 0.6 is 0 Å². The molecule has 2 aromatic heterocycles. The number of amides is 1. The van der Waals surface area contributed by atoms with Gasteiger partial charge in [0.15, 0.2) is 0 Å². The van der Waals surface area contributed by atoms with Gasteiger partial charge in [-0.3, -0.25) is 14.9 Å². The van der Waals surface area contributed by atoms with Gasteiger partial charge in [0.1, 0.15) is 23.7 Å². The molecular formula is C11H15N7O. The lowest BCUT2D eigenvalue weighted by Crippen LogP contribution is -2.27. The van der Waals surface area contributed by atoms with Crippen molar-refractivity contribution in [1.29, 1.82) is 0 Å². The number of carbonyl (C=O) groups is 1. The average Bonchev–Trinajstić information content (AvgIpc) is 2.91. The van der Waals surface area contributed by atoms with Gasteiger partial charge in [-0.25, -0.2) is 9.97 Å². The highest BCUT2D eigenvalue weighted by molar-refractivity contribution is 5.92. The maximum Gasteiger partial charge on any atom is 0.274 e. The Morgan fingerprint density at radius 1 is 1.47 bits per heavy atom. The summed E-state index contributed by atoms with van der Waals surface area (Å²) in [5.41, 5.74) is 0.292. The first-order chi connectivity index (χ1) is 9.20. The highest BCUT2D eigenvalue weighted by Gasteiger charge is 2.15. The van der Waals surface area contributed by atoms with Crippen molar-refractivity contribution < 1.29 is 4.79 Å². The van der Waals surface area contributed by atoms with Crippen LogP contribution in [0.2, 0.25) is 0 Å². The van der Waals surface area contributed by atoms with Crippen LogP contribution in [0.5, 0.6) is 0 Å². The molecule has 0 aliphatic heterocycles. The van der Waals surface area contributed by atoms with Gasteiger partial charge < -0.3 is 10.2 Å². The molecule has 0 aromatic carbocycles. The summed E-state index contributed by atoms with van der Waals surface area (Å²) in [7, 11) is 1.67. The zero-order valence-electron chi connectivity index (χ0n) is 10.8. The molecule has 2 aromatic rings. The van der Waals surface area contributed by atoms with Crippen LogP contribution in [-0.4, -0.2) is 49.5 Å². The molecule has 0 fully saturated rings. The smallest absolute Gasteiger partial charge is 0.274 e. The van der Waals surface area contributed by atoms with E-state index in [-0.39, 0.29) is 5.91 Å². The van der Waals surface area contributed by atoms with E-state index in [0.717, 1.165) is 6.54 Å². The van der Waals surface area contributed by atoms with Gasteiger partial charge >= 0.3 is 0 Å². The number of carbonyl (C=O) groups excluding carboxylic acids is 1. The minimum atomic E-state index is -0.219. The van der Waals surface area contributed by atoms with E-state index in [1.165, 1.54) is 17.4 Å². The van der Waals surface area contributed by atoms with Gasteiger partial charge in [0.2, 0.25) is 0 Å². The van der Waals surface area contributed by atoms with Crippen molar-refractivity contribution >= 4 is 11.7 Å². The van der Waals surface area contributed by atoms with E-state index in [1.807, 2.05) is 6.92 Å². The fourth-order valence-electron chi connectivity index (χ4n) is 1.53. The summed E-state index contributed by atoms with van der Waals surface area (Å²) in [5, 5.41) is 9.45. The molecule has 2 heterocycles. The number of nitrogens with one attached hydrogen (secondary N) is 2. The summed E-state index contributed by atoms with van der Waals surface area (Å²) in [6, 6.07) is 0. The first-order valence-corrected chi connectivity index (χ1v) is 5.86. The van der Waals surface area contributed by atoms with Gasteiger partial charge in [-0.05, 0) is 6.92 Å². The van der Waals surface area contributed by atoms with E-state index in [9.17, 15) is 4.79 Å². The second-order valence-electron chi connectivity index (χ2n) is 3.91. The zero-order valence-corrected chi connectivity index (χ0v) is 10.8. The van der Waals surface area contributed by atoms with Crippen molar-refractivity contribution in [3.8, 4) is 0 Å². The predicted octanol–water partition coefficient (Wildman–Crippen LogP) is 0.299. The van der Waals surface area contributed by atoms with Crippen molar-refractivity contribution in [3.63, 3.8) is 0 Å². The number of rotatable bonds is 5. The molecule has 0 bridgehead atoms. The van der Waals surface area contributed by atoms with Crippen LogP contribution in [0, 0.1) is 0 Å². The second kappa shape index (κ2) is 5.89. The molecule has 2 N–H and O–H groups in total. The lowest BCUT2D eigenvalue weighted by molar-refractivity contribution is 0.0775. The summed E-state index contributed by atoms with van der Waals surface area (Å²) >= 11 is 0. The van der Waals surface area contributed by atoms with Gasteiger partial charge in [-0.1, -0.05) is 0 Å². The Hall–Kier alpha value is -2.51. The van der Waals surface area contributed by atoms with Crippen LogP contribution in [0.25, 0.3) is 0 Å². The van der Waals surface area contributed by atoms with E-state index in [4.69, 9.17) is 0 Å². The van der Waals surface area contributed by atoms with Crippen molar-refractivity contribution in [2.45, 2.75) is 13.5 Å². The molecule has 0 atom stereocenters. The molecule has 8 heteroatoms. The Balaban J connectivity index is 2.08. The SMILES string of the molecule is CCNc1cncc(C(=O)N(C)Cc2ncn[nH]2)n1. The molecule has 100 valence electrons. The van der Waals surface area contributed by atoms with E-state index in [1.54, 1.807) is 13.2 Å². The first-order valence-electron chi connectivity index (χ1n) is 5.86. The third-order valence-electron chi connectivity index (χ3n) is 2.41. The number of nitrogens with zero attached hydrogens (tertiary/aromatic N) is 5. The maximum absolute atomic E-state index is 12.2. The molecule has 8 nitrogen and oxygen atoms in total. The Morgan fingerprint density at radius 2 is 2.32 bits per heavy atom. The third-order valence-corrected chi connectivity index (χ3v) is 2.41. The average molecular weight is 261 g/mol. The second-order valence-corrected chi connectivity index (χ2v) is 3.91. The van der Waals surface area contributed by atoms with Gasteiger partial charge in [-0.15, -0.1) is 0 Å². The fourth-order valence-corrected chi connectivity index (χ4v) is 1.53. The molecule has 0 radical (unpaired) electrons. The molecule has 0 saturated heterocycles. The first kappa shape index (κ1) is 12.9. The highest BCUT2D eigenvalue weighted by Crippen LogP contribution is 2.06. The Bertz CT molecular complexity index is 540. The van der Waals surface area contributed by atoms with Crippen molar-refractivity contribution in [2.75, 3.05) is 18.9 Å². The number of anilines is 1. The van der Waals surface area contributed by atoms with Gasteiger partial charge in [0.25, 0.3) is 5.91 Å². The molecule has 2 rings (SSSR count). The number of hydrogen-bond donors (Lipinski definition) is 2. The molecule has 0 unspecified atom stereocenters. The largest absolute Gasteiger partial charge is 0.369 e. The van der Waals surface area contributed by atoms with E-state index < -0.39 is 0 Å². The Labute approximate surface area is 110 Å². The molecule has 0 saturated carbocycles. The molecule has 19 heavy (non-hydrogen) atoms. The molecule has 0 aliphatic rings. The standard InChI is InChI=1S/C11H15N7O/c1-3-13-9-5-12-4-8(16-9)11(19)18(2)6-10-14-7-15-17-10/h4-5,7H,3,6H2,1-2H3,(H,13,16)(H,14,15,17). The molecular weight excluding hydrogens is 246 g/mol. The van der Waals surface area contributed by atoms with Crippen LogP contribution in [-0.2, 0) is 6.54 Å². The minimum absolute atomic E-state index is 0.219. The van der Waals surface area contributed by atoms with Gasteiger partial charge in [0.05, 0.1) is 18.9 Å². The zero-order chi connectivity index (χ0) is 13.7. The van der Waals surface area contributed by atoms with E-state index in [0.29, 0.717) is 23.9 Å². The van der Waals surface area contributed by atoms with Gasteiger partial charge in [-0.2, -0.15) is 5.10 Å². The molecule has 0 spiro atoms. The van der Waals surface area contributed by atoms with Crippen molar-refractivity contribution in [2.24, 2.45) is 0 Å². The summed E-state index contributed by atoms with van der Waals surface area (Å²) in [6.07, 6.45) is 4.43. The molecule has 1 amide bonds.